The van der Waals surface area contributed by atoms with E-state index in [0.29, 0.717) is 18.7 Å². The van der Waals surface area contributed by atoms with Gasteiger partial charge in [0.2, 0.25) is 5.91 Å². The molecule has 0 bridgehead atoms. The second-order valence-electron chi connectivity index (χ2n) is 5.55. The van der Waals surface area contributed by atoms with Crippen molar-refractivity contribution in [3.8, 4) is 0 Å². The number of carbonyl (C=O) groups is 2. The lowest BCUT2D eigenvalue weighted by Crippen LogP contribution is -2.28. The third kappa shape index (κ3) is 6.30. The summed E-state index contributed by atoms with van der Waals surface area (Å²) in [6.45, 7) is 2.98. The van der Waals surface area contributed by atoms with Crippen LogP contribution in [0.2, 0.25) is 0 Å². The van der Waals surface area contributed by atoms with Crippen LogP contribution in [0.5, 0.6) is 0 Å². The first-order valence-corrected chi connectivity index (χ1v) is 10.1. The fourth-order valence-electron chi connectivity index (χ4n) is 2.14. The predicted molar refractivity (Wildman–Crippen MR) is 114 cm³/mol. The number of rotatable bonds is 8. The molecule has 0 aliphatic heterocycles. The summed E-state index contributed by atoms with van der Waals surface area (Å²) in [5.74, 6) is -0.0286. The van der Waals surface area contributed by atoms with Gasteiger partial charge in [-0.1, -0.05) is 18.2 Å². The number of ether oxygens (including phenoxy) is 1. The van der Waals surface area contributed by atoms with Crippen molar-refractivity contribution in [2.45, 2.75) is 11.8 Å². The van der Waals surface area contributed by atoms with Crippen LogP contribution >= 0.6 is 34.4 Å². The molecule has 0 aliphatic rings. The molecule has 138 valence electrons. The Morgan fingerprint density at radius 3 is 2.69 bits per heavy atom. The van der Waals surface area contributed by atoms with E-state index >= 15 is 0 Å². The van der Waals surface area contributed by atoms with Crippen molar-refractivity contribution in [3.05, 3.63) is 57.2 Å². The van der Waals surface area contributed by atoms with Crippen molar-refractivity contribution in [1.29, 1.82) is 0 Å². The standard InChI is InChI=1S/C19H21IN2O3S/c1-13-7-8-14(11-16(13)20)22-19(24)15-5-3-4-6-17(15)26-12-18(23)21-9-10-25-2/h3-8,11H,9-10,12H2,1-2H3,(H,21,23)(H,22,24). The minimum absolute atomic E-state index is 0.0876. The average Bonchev–Trinajstić information content (AvgIpc) is 2.63. The number of nitrogens with one attached hydrogen (secondary N) is 2. The first-order chi connectivity index (χ1) is 12.5. The molecule has 0 unspecified atom stereocenters. The molecule has 0 atom stereocenters. The largest absolute Gasteiger partial charge is 0.383 e. The van der Waals surface area contributed by atoms with Gasteiger partial charge in [-0.2, -0.15) is 0 Å². The fraction of sp³-hybridized carbons (Fsp3) is 0.263. The highest BCUT2D eigenvalue weighted by molar-refractivity contribution is 14.1. The summed E-state index contributed by atoms with van der Waals surface area (Å²) in [7, 11) is 1.59. The molecule has 26 heavy (non-hydrogen) atoms. The Labute approximate surface area is 171 Å². The number of benzene rings is 2. The van der Waals surface area contributed by atoms with E-state index in [4.69, 9.17) is 4.74 Å². The maximum absolute atomic E-state index is 12.6. The molecular weight excluding hydrogens is 463 g/mol. The van der Waals surface area contributed by atoms with E-state index in [1.165, 1.54) is 17.3 Å². The van der Waals surface area contributed by atoms with Crippen LogP contribution in [-0.2, 0) is 9.53 Å². The summed E-state index contributed by atoms with van der Waals surface area (Å²) in [4.78, 5) is 25.3. The third-order valence-corrected chi connectivity index (χ3v) is 5.78. The van der Waals surface area contributed by atoms with Crippen molar-refractivity contribution in [2.75, 3.05) is 31.3 Å². The van der Waals surface area contributed by atoms with Crippen molar-refractivity contribution < 1.29 is 14.3 Å². The molecular formula is C19H21IN2O3S. The lowest BCUT2D eigenvalue weighted by atomic mass is 10.2. The van der Waals surface area contributed by atoms with Gasteiger partial charge in [0.25, 0.3) is 5.91 Å². The molecule has 2 aromatic carbocycles. The number of hydrogen-bond donors (Lipinski definition) is 2. The number of aryl methyl sites for hydroxylation is 1. The smallest absolute Gasteiger partial charge is 0.256 e. The van der Waals surface area contributed by atoms with Crippen molar-refractivity contribution in [3.63, 3.8) is 0 Å². The summed E-state index contributed by atoms with van der Waals surface area (Å²) in [6.07, 6.45) is 0. The lowest BCUT2D eigenvalue weighted by molar-refractivity contribution is -0.118. The summed E-state index contributed by atoms with van der Waals surface area (Å²) >= 11 is 3.59. The van der Waals surface area contributed by atoms with Gasteiger partial charge in [0.15, 0.2) is 0 Å². The number of methoxy groups -OCH3 is 1. The fourth-order valence-corrected chi connectivity index (χ4v) is 3.53. The van der Waals surface area contributed by atoms with Gasteiger partial charge in [-0.25, -0.2) is 0 Å². The van der Waals surface area contributed by atoms with Gasteiger partial charge in [0.1, 0.15) is 0 Å². The molecule has 5 nitrogen and oxygen atoms in total. The normalized spacial score (nSPS) is 10.4. The predicted octanol–water partition coefficient (Wildman–Crippen LogP) is 3.71. The van der Waals surface area contributed by atoms with Crippen molar-refractivity contribution in [2.24, 2.45) is 0 Å². The van der Waals surface area contributed by atoms with E-state index in [-0.39, 0.29) is 17.6 Å². The number of anilines is 1. The van der Waals surface area contributed by atoms with Gasteiger partial charge >= 0.3 is 0 Å². The molecule has 0 saturated carbocycles. The Balaban J connectivity index is 2.01. The first kappa shape index (κ1) is 20.7. The second kappa shape index (κ2) is 10.5. The number of amides is 2. The molecule has 2 aromatic rings. The highest BCUT2D eigenvalue weighted by Gasteiger charge is 2.13. The molecule has 2 N–H and O–H groups in total. The van der Waals surface area contributed by atoms with Crippen LogP contribution in [0.3, 0.4) is 0 Å². The van der Waals surface area contributed by atoms with Gasteiger partial charge < -0.3 is 15.4 Å². The molecule has 2 amide bonds. The monoisotopic (exact) mass is 484 g/mol. The molecule has 0 aromatic heterocycles. The minimum Gasteiger partial charge on any atom is -0.383 e. The molecule has 0 heterocycles. The van der Waals surface area contributed by atoms with E-state index in [1.54, 1.807) is 13.2 Å². The molecule has 0 saturated heterocycles. The van der Waals surface area contributed by atoms with E-state index in [9.17, 15) is 9.59 Å². The molecule has 0 radical (unpaired) electrons. The minimum atomic E-state index is -0.187. The maximum Gasteiger partial charge on any atom is 0.256 e. The lowest BCUT2D eigenvalue weighted by Gasteiger charge is -2.11. The second-order valence-corrected chi connectivity index (χ2v) is 7.73. The summed E-state index contributed by atoms with van der Waals surface area (Å²) < 4.78 is 6.00. The van der Waals surface area contributed by atoms with Gasteiger partial charge in [0, 0.05) is 27.8 Å². The zero-order valence-corrected chi connectivity index (χ0v) is 17.6. The Morgan fingerprint density at radius 1 is 1.19 bits per heavy atom. The molecule has 0 aliphatic carbocycles. The first-order valence-electron chi connectivity index (χ1n) is 8.06. The average molecular weight is 484 g/mol. The van der Waals surface area contributed by atoms with Gasteiger partial charge in [-0.15, -0.1) is 11.8 Å². The molecule has 2 rings (SSSR count). The van der Waals surface area contributed by atoms with Crippen LogP contribution in [0.15, 0.2) is 47.4 Å². The molecule has 0 spiro atoms. The topological polar surface area (TPSA) is 67.4 Å². The number of hydrogen-bond acceptors (Lipinski definition) is 4. The van der Waals surface area contributed by atoms with Crippen LogP contribution < -0.4 is 10.6 Å². The zero-order valence-electron chi connectivity index (χ0n) is 14.7. The van der Waals surface area contributed by atoms with Gasteiger partial charge in [-0.05, 0) is 59.3 Å². The number of thioether (sulfide) groups is 1. The molecule has 0 fully saturated rings. The number of carbonyl (C=O) groups excluding carboxylic acids is 2. The van der Waals surface area contributed by atoms with Crippen LogP contribution in [0.1, 0.15) is 15.9 Å². The Hall–Kier alpha value is -1.58. The van der Waals surface area contributed by atoms with E-state index in [1.807, 2.05) is 43.3 Å². The highest BCUT2D eigenvalue weighted by atomic mass is 127. The van der Waals surface area contributed by atoms with Crippen LogP contribution in [-0.4, -0.2) is 37.8 Å². The Kier molecular flexibility index (Phi) is 8.40. The summed E-state index contributed by atoms with van der Waals surface area (Å²) in [6, 6.07) is 13.1. The SMILES string of the molecule is COCCNC(=O)CSc1ccccc1C(=O)Nc1ccc(C)c(I)c1. The summed E-state index contributed by atoms with van der Waals surface area (Å²) in [5.41, 5.74) is 2.47. The quantitative estimate of drug-likeness (QED) is 0.341. The zero-order chi connectivity index (χ0) is 18.9. The summed E-state index contributed by atoms with van der Waals surface area (Å²) in [5, 5.41) is 5.69. The van der Waals surface area contributed by atoms with Crippen molar-refractivity contribution in [1.82, 2.24) is 5.32 Å². The number of halogens is 1. The maximum atomic E-state index is 12.6. The van der Waals surface area contributed by atoms with E-state index < -0.39 is 0 Å². The Bertz CT molecular complexity index is 783. The third-order valence-electron chi connectivity index (χ3n) is 3.55. The molecule has 7 heteroatoms. The Morgan fingerprint density at radius 2 is 1.96 bits per heavy atom. The van der Waals surface area contributed by atoms with Crippen LogP contribution in [0.25, 0.3) is 0 Å². The van der Waals surface area contributed by atoms with Gasteiger partial charge in [0.05, 0.1) is 17.9 Å². The highest BCUT2D eigenvalue weighted by Crippen LogP contribution is 2.24. The van der Waals surface area contributed by atoms with Gasteiger partial charge in [-0.3, -0.25) is 9.59 Å². The van der Waals surface area contributed by atoms with Crippen LogP contribution in [0, 0.1) is 10.5 Å². The van der Waals surface area contributed by atoms with E-state index in [0.717, 1.165) is 14.2 Å². The van der Waals surface area contributed by atoms with Crippen molar-refractivity contribution >= 4 is 51.9 Å². The van der Waals surface area contributed by atoms with E-state index in [2.05, 4.69) is 33.2 Å². The van der Waals surface area contributed by atoms with Crippen LogP contribution in [0.4, 0.5) is 5.69 Å².